The summed E-state index contributed by atoms with van der Waals surface area (Å²) >= 11 is 0. The van der Waals surface area contributed by atoms with Crippen molar-refractivity contribution in [2.75, 3.05) is 25.4 Å². The Kier molecular flexibility index (Phi) is 4.95. The van der Waals surface area contributed by atoms with E-state index in [1.54, 1.807) is 11.0 Å². The van der Waals surface area contributed by atoms with E-state index in [0.717, 1.165) is 19.3 Å². The van der Waals surface area contributed by atoms with Gasteiger partial charge in [0.1, 0.15) is 5.82 Å². The molecule has 0 aromatic heterocycles. The maximum atomic E-state index is 13.4. The van der Waals surface area contributed by atoms with E-state index in [1.165, 1.54) is 12.1 Å². The van der Waals surface area contributed by atoms with E-state index in [2.05, 4.69) is 6.92 Å². The van der Waals surface area contributed by atoms with Crippen LogP contribution in [0.3, 0.4) is 0 Å². The number of anilines is 1. The van der Waals surface area contributed by atoms with Crippen molar-refractivity contribution < 1.29 is 13.9 Å². The molecule has 4 nitrogen and oxygen atoms in total. The van der Waals surface area contributed by atoms with Gasteiger partial charge in [-0.2, -0.15) is 0 Å². The van der Waals surface area contributed by atoms with E-state index >= 15 is 0 Å². The molecule has 1 saturated heterocycles. The maximum Gasteiger partial charge on any atom is 0.254 e. The zero-order valence-electron chi connectivity index (χ0n) is 11.8. The van der Waals surface area contributed by atoms with Crippen molar-refractivity contribution in [1.82, 2.24) is 4.90 Å². The zero-order chi connectivity index (χ0) is 14.5. The second-order valence-electron chi connectivity index (χ2n) is 5.12. The Morgan fingerprint density at radius 2 is 2.35 bits per heavy atom. The van der Waals surface area contributed by atoms with Crippen LogP contribution in [0.1, 0.15) is 36.5 Å². The van der Waals surface area contributed by atoms with Crippen LogP contribution in [-0.2, 0) is 4.74 Å². The Morgan fingerprint density at radius 1 is 1.55 bits per heavy atom. The number of hydrogen-bond acceptors (Lipinski definition) is 3. The predicted molar refractivity (Wildman–Crippen MR) is 76.0 cm³/mol. The number of nitrogens with zero attached hydrogens (tertiary/aromatic N) is 1. The topological polar surface area (TPSA) is 55.6 Å². The summed E-state index contributed by atoms with van der Waals surface area (Å²) in [5, 5.41) is 0. The summed E-state index contributed by atoms with van der Waals surface area (Å²) in [6, 6.07) is 4.20. The van der Waals surface area contributed by atoms with Crippen molar-refractivity contribution in [2.24, 2.45) is 0 Å². The molecule has 0 spiro atoms. The second-order valence-corrected chi connectivity index (χ2v) is 5.12. The summed E-state index contributed by atoms with van der Waals surface area (Å²) in [6.45, 7) is 4.04. The van der Waals surface area contributed by atoms with Crippen LogP contribution < -0.4 is 5.73 Å². The third-order valence-electron chi connectivity index (χ3n) is 3.47. The number of amides is 1. The highest BCUT2D eigenvalue weighted by Gasteiger charge is 2.25. The fourth-order valence-electron chi connectivity index (χ4n) is 2.39. The summed E-state index contributed by atoms with van der Waals surface area (Å²) in [6.07, 6.45) is 2.94. The Hall–Kier alpha value is -1.62. The fourth-order valence-corrected chi connectivity index (χ4v) is 2.39. The van der Waals surface area contributed by atoms with Gasteiger partial charge in [0.05, 0.1) is 11.8 Å². The molecule has 0 aliphatic carbocycles. The van der Waals surface area contributed by atoms with Crippen molar-refractivity contribution >= 4 is 11.6 Å². The lowest BCUT2D eigenvalue weighted by atomic mass is 10.1. The van der Waals surface area contributed by atoms with Gasteiger partial charge in [0.2, 0.25) is 0 Å². The van der Waals surface area contributed by atoms with Gasteiger partial charge < -0.3 is 15.4 Å². The molecule has 2 N–H and O–H groups in total. The molecule has 1 aliphatic heterocycles. The fraction of sp³-hybridized carbons (Fsp3) is 0.533. The first-order valence-electron chi connectivity index (χ1n) is 7.07. The normalized spacial score (nSPS) is 19.1. The molecular formula is C15H21FN2O2. The largest absolute Gasteiger partial charge is 0.396 e. The van der Waals surface area contributed by atoms with Crippen LogP contribution in [0.2, 0.25) is 0 Å². The van der Waals surface area contributed by atoms with Crippen LogP contribution in [0.4, 0.5) is 10.1 Å². The van der Waals surface area contributed by atoms with Crippen molar-refractivity contribution in [3.8, 4) is 0 Å². The van der Waals surface area contributed by atoms with Crippen LogP contribution in [-0.4, -0.2) is 36.6 Å². The first-order chi connectivity index (χ1) is 9.61. The highest BCUT2D eigenvalue weighted by molar-refractivity contribution is 5.94. The predicted octanol–water partition coefficient (Wildman–Crippen LogP) is 2.44. The SMILES string of the molecule is CCCOC1CCCN(C(=O)c2ccc(N)c(F)c2)C1. The van der Waals surface area contributed by atoms with Gasteiger partial charge in [-0.3, -0.25) is 4.79 Å². The highest BCUT2D eigenvalue weighted by Crippen LogP contribution is 2.18. The average Bonchev–Trinajstić information content (AvgIpc) is 2.47. The molecule has 1 aromatic rings. The lowest BCUT2D eigenvalue weighted by Gasteiger charge is -2.32. The van der Waals surface area contributed by atoms with Gasteiger partial charge >= 0.3 is 0 Å². The molecule has 0 radical (unpaired) electrons. The van der Waals surface area contributed by atoms with E-state index in [-0.39, 0.29) is 17.7 Å². The first-order valence-corrected chi connectivity index (χ1v) is 7.07. The molecule has 1 heterocycles. The lowest BCUT2D eigenvalue weighted by molar-refractivity contribution is 0.00210. The van der Waals surface area contributed by atoms with Gasteiger partial charge in [-0.1, -0.05) is 6.92 Å². The van der Waals surface area contributed by atoms with Crippen LogP contribution in [0, 0.1) is 5.82 Å². The number of ether oxygens (including phenoxy) is 1. The second kappa shape index (κ2) is 6.70. The molecule has 2 rings (SSSR count). The standard InChI is InChI=1S/C15H21FN2O2/c1-2-8-20-12-4-3-7-18(10-12)15(19)11-5-6-14(17)13(16)9-11/h5-6,9,12H,2-4,7-8,10,17H2,1H3. The number of rotatable bonds is 4. The Labute approximate surface area is 118 Å². The number of hydrogen-bond donors (Lipinski definition) is 1. The number of carbonyl (C=O) groups is 1. The van der Waals surface area contributed by atoms with Crippen LogP contribution >= 0.6 is 0 Å². The number of likely N-dealkylation sites (tertiary alicyclic amines) is 1. The van der Waals surface area contributed by atoms with Gasteiger partial charge in [-0.25, -0.2) is 4.39 Å². The summed E-state index contributed by atoms with van der Waals surface area (Å²) in [5.41, 5.74) is 5.82. The lowest BCUT2D eigenvalue weighted by Crippen LogP contribution is -2.43. The monoisotopic (exact) mass is 280 g/mol. The molecule has 0 bridgehead atoms. The minimum absolute atomic E-state index is 0.0596. The minimum Gasteiger partial charge on any atom is -0.396 e. The molecule has 0 saturated carbocycles. The Bertz CT molecular complexity index is 479. The number of piperidine rings is 1. The number of benzene rings is 1. The van der Waals surface area contributed by atoms with Crippen molar-refractivity contribution in [3.63, 3.8) is 0 Å². The van der Waals surface area contributed by atoms with Crippen LogP contribution in [0.5, 0.6) is 0 Å². The quantitative estimate of drug-likeness (QED) is 0.862. The smallest absolute Gasteiger partial charge is 0.254 e. The first kappa shape index (κ1) is 14.8. The molecule has 1 unspecified atom stereocenters. The van der Waals surface area contributed by atoms with E-state index in [4.69, 9.17) is 10.5 Å². The molecule has 5 heteroatoms. The zero-order valence-corrected chi connectivity index (χ0v) is 11.8. The summed E-state index contributed by atoms with van der Waals surface area (Å²) in [7, 11) is 0. The molecule has 110 valence electrons. The Balaban J connectivity index is 2.02. The maximum absolute atomic E-state index is 13.4. The van der Waals surface area contributed by atoms with E-state index in [0.29, 0.717) is 25.3 Å². The molecular weight excluding hydrogens is 259 g/mol. The van der Waals surface area contributed by atoms with Gasteiger partial charge in [-0.05, 0) is 37.5 Å². The third-order valence-corrected chi connectivity index (χ3v) is 3.47. The van der Waals surface area contributed by atoms with Gasteiger partial charge in [0.15, 0.2) is 0 Å². The molecule has 20 heavy (non-hydrogen) atoms. The van der Waals surface area contributed by atoms with E-state index in [1.807, 2.05) is 0 Å². The number of nitrogen functional groups attached to an aromatic ring is 1. The van der Waals surface area contributed by atoms with Crippen molar-refractivity contribution in [3.05, 3.63) is 29.6 Å². The third kappa shape index (κ3) is 3.48. The van der Waals surface area contributed by atoms with Crippen LogP contribution in [0.15, 0.2) is 18.2 Å². The van der Waals surface area contributed by atoms with E-state index in [9.17, 15) is 9.18 Å². The summed E-state index contributed by atoms with van der Waals surface area (Å²) in [4.78, 5) is 14.1. The molecule has 1 amide bonds. The van der Waals surface area contributed by atoms with Gasteiger partial charge in [0, 0.05) is 25.3 Å². The van der Waals surface area contributed by atoms with Gasteiger partial charge in [-0.15, -0.1) is 0 Å². The molecule has 1 atom stereocenters. The molecule has 1 aliphatic rings. The number of halogens is 1. The molecule has 1 fully saturated rings. The van der Waals surface area contributed by atoms with Crippen LogP contribution in [0.25, 0.3) is 0 Å². The average molecular weight is 280 g/mol. The Morgan fingerprint density at radius 3 is 3.05 bits per heavy atom. The summed E-state index contributed by atoms with van der Waals surface area (Å²) in [5.74, 6) is -0.708. The van der Waals surface area contributed by atoms with Gasteiger partial charge in [0.25, 0.3) is 5.91 Å². The summed E-state index contributed by atoms with van der Waals surface area (Å²) < 4.78 is 19.1. The van der Waals surface area contributed by atoms with Crippen molar-refractivity contribution in [1.29, 1.82) is 0 Å². The number of carbonyl (C=O) groups excluding carboxylic acids is 1. The van der Waals surface area contributed by atoms with Crippen molar-refractivity contribution in [2.45, 2.75) is 32.3 Å². The minimum atomic E-state index is -0.549. The molecule has 1 aromatic carbocycles. The number of nitrogens with two attached hydrogens (primary N) is 1. The highest BCUT2D eigenvalue weighted by atomic mass is 19.1. The van der Waals surface area contributed by atoms with E-state index < -0.39 is 5.82 Å².